The number of aryl methyl sites for hydroxylation is 2. The third-order valence-corrected chi connectivity index (χ3v) is 10.6. The zero-order valence-electron chi connectivity index (χ0n) is 31.9. The van der Waals surface area contributed by atoms with E-state index in [0.717, 1.165) is 67.8 Å². The second kappa shape index (κ2) is 16.6. The van der Waals surface area contributed by atoms with E-state index < -0.39 is 0 Å². The maximum absolute atomic E-state index is 3.66. The van der Waals surface area contributed by atoms with E-state index in [1.54, 1.807) is 0 Å². The van der Waals surface area contributed by atoms with Gasteiger partial charge in [0.25, 0.3) is 0 Å². The van der Waals surface area contributed by atoms with E-state index >= 15 is 0 Å². The van der Waals surface area contributed by atoms with Crippen molar-refractivity contribution in [1.82, 2.24) is 0 Å². The Bertz CT molecular complexity index is 2500. The van der Waals surface area contributed by atoms with Crippen LogP contribution in [0.4, 0.5) is 45.5 Å². The summed E-state index contributed by atoms with van der Waals surface area (Å²) < 4.78 is 0. The number of anilines is 8. The number of para-hydroxylation sites is 6. The number of rotatable bonds is 7. The zero-order valence-corrected chi connectivity index (χ0v) is 36.7. The van der Waals surface area contributed by atoms with Crippen molar-refractivity contribution < 1.29 is 40.2 Å². The minimum Gasteiger partial charge on any atom is -0.493 e. The van der Waals surface area contributed by atoms with Gasteiger partial charge in [0.15, 0.2) is 0 Å². The van der Waals surface area contributed by atoms with Gasteiger partial charge in [-0.2, -0.15) is 36.4 Å². The van der Waals surface area contributed by atoms with Crippen molar-refractivity contribution >= 4 is 45.5 Å². The summed E-state index contributed by atoms with van der Waals surface area (Å²) in [5.41, 5.74) is 18.2. The van der Waals surface area contributed by atoms with Crippen LogP contribution in [-0.4, -0.2) is 0 Å². The maximum Gasteiger partial charge on any atom is 0.0344 e. The molecule has 0 spiro atoms. The zero-order chi connectivity index (χ0) is 37.6. The molecule has 0 amide bonds. The quantitative estimate of drug-likeness (QED) is 0.147. The van der Waals surface area contributed by atoms with Crippen LogP contribution in [-0.2, 0) is 40.2 Å². The number of nitrogens with zero attached hydrogens (tertiary/aromatic N) is 4. The topological polar surface area (TPSA) is 13.0 Å². The van der Waals surface area contributed by atoms with Gasteiger partial charge in [-0.05, 0) is 73.5 Å². The van der Waals surface area contributed by atoms with Crippen molar-refractivity contribution in [1.29, 1.82) is 0 Å². The smallest absolute Gasteiger partial charge is 0.0344 e. The van der Waals surface area contributed by atoms with Gasteiger partial charge < -0.3 is 19.6 Å². The summed E-state index contributed by atoms with van der Waals surface area (Å²) in [5.74, 6) is 0. The van der Waals surface area contributed by atoms with Crippen LogP contribution in [0.1, 0.15) is 11.1 Å². The van der Waals surface area contributed by atoms with Gasteiger partial charge in [0.2, 0.25) is 0 Å². The molecule has 8 aromatic carbocycles. The molecule has 0 saturated carbocycles. The first-order valence-electron chi connectivity index (χ1n) is 19.0. The summed E-state index contributed by atoms with van der Waals surface area (Å²) >= 11 is 0. The molecule has 288 valence electrons. The van der Waals surface area contributed by atoms with Crippen molar-refractivity contribution in [3.63, 3.8) is 0 Å². The summed E-state index contributed by atoms with van der Waals surface area (Å²) in [7, 11) is 0. The van der Waals surface area contributed by atoms with Gasteiger partial charge in [-0.25, -0.2) is 0 Å². The Labute approximate surface area is 368 Å². The number of hydrogen-bond donors (Lipinski definition) is 0. The Balaban J connectivity index is 0.00000235. The van der Waals surface area contributed by atoms with E-state index in [2.05, 4.69) is 241 Å². The van der Waals surface area contributed by atoms with Gasteiger partial charge in [-0.15, -0.1) is 48.0 Å². The molecule has 8 aromatic rings. The minimum atomic E-state index is 0. The number of hydrogen-bond acceptors (Lipinski definition) is 4. The first kappa shape index (κ1) is 39.1. The molecular formula is C52H38Ir2N4-4. The fourth-order valence-electron chi connectivity index (χ4n) is 8.13. The molecule has 2 heterocycles. The second-order valence-corrected chi connectivity index (χ2v) is 14.4. The number of benzene rings is 8. The van der Waals surface area contributed by atoms with Crippen molar-refractivity contribution in [2.24, 2.45) is 0 Å². The third kappa shape index (κ3) is 7.19. The second-order valence-electron chi connectivity index (χ2n) is 14.4. The predicted molar refractivity (Wildman–Crippen MR) is 233 cm³/mol. The first-order valence-corrected chi connectivity index (χ1v) is 19.0. The van der Waals surface area contributed by atoms with Gasteiger partial charge in [0.05, 0.1) is 0 Å². The summed E-state index contributed by atoms with van der Waals surface area (Å²) in [6, 6.07) is 71.9. The average Bonchev–Trinajstić information content (AvgIpc) is 3.84. The van der Waals surface area contributed by atoms with Crippen LogP contribution in [0.25, 0.3) is 33.4 Å². The molecule has 0 bridgehead atoms. The Morgan fingerprint density at radius 2 is 0.776 bits per heavy atom. The van der Waals surface area contributed by atoms with Crippen molar-refractivity contribution in [3.8, 4) is 33.4 Å². The van der Waals surface area contributed by atoms with Crippen LogP contribution in [0.5, 0.6) is 0 Å². The standard InChI is InChI=1S/C52H38N4.2Ir/c1-37-32-38(2)34-41(33-37)52-46(39-24-28-44(29-25-39)55-35-53(42-14-5-3-6-15-42)48-20-9-11-22-50(48)55)18-13-19-47(52)40-26-30-45(31-27-40)56-36-54(43-16-7-4-8-17-43)49-21-10-12-23-51(49)56;;/h3-28,30,32-36H,1-2H3;;/q-4;;. The molecule has 0 aromatic heterocycles. The van der Waals surface area contributed by atoms with Crippen molar-refractivity contribution in [2.75, 3.05) is 19.6 Å². The molecular weight excluding hydrogens is 1070 g/mol. The molecule has 0 aliphatic carbocycles. The molecule has 0 saturated heterocycles. The van der Waals surface area contributed by atoms with Crippen LogP contribution < -0.4 is 19.6 Å². The fraction of sp³-hybridized carbons (Fsp3) is 0.0385. The predicted octanol–water partition coefficient (Wildman–Crippen LogP) is 13.7. The minimum absolute atomic E-state index is 0. The van der Waals surface area contributed by atoms with Crippen LogP contribution in [0.15, 0.2) is 182 Å². The summed E-state index contributed by atoms with van der Waals surface area (Å²) in [5, 5.41) is 0. The van der Waals surface area contributed by atoms with Gasteiger partial charge >= 0.3 is 0 Å². The Morgan fingerprint density at radius 1 is 0.379 bits per heavy atom. The van der Waals surface area contributed by atoms with E-state index in [9.17, 15) is 0 Å². The van der Waals surface area contributed by atoms with Gasteiger partial charge in [-0.1, -0.05) is 119 Å². The molecule has 0 N–H and O–H groups in total. The van der Waals surface area contributed by atoms with Crippen LogP contribution in [0, 0.1) is 39.3 Å². The van der Waals surface area contributed by atoms with E-state index in [4.69, 9.17) is 0 Å². The number of fused-ring (bicyclic) bond motifs is 2. The van der Waals surface area contributed by atoms with Crippen molar-refractivity contribution in [3.05, 3.63) is 219 Å². The molecule has 6 heteroatoms. The summed E-state index contributed by atoms with van der Waals surface area (Å²) in [6.07, 6.45) is 0. The molecule has 0 unspecified atom stereocenters. The normalized spacial score (nSPS) is 12.8. The Hall–Kier alpha value is -5.74. The molecule has 4 nitrogen and oxygen atoms in total. The summed E-state index contributed by atoms with van der Waals surface area (Å²) in [6.45, 7) is 8.67. The summed E-state index contributed by atoms with van der Waals surface area (Å²) in [4.78, 5) is 8.92. The molecule has 0 fully saturated rings. The first-order chi connectivity index (χ1) is 27.6. The van der Waals surface area contributed by atoms with E-state index in [-0.39, 0.29) is 40.2 Å². The monoisotopic (exact) mass is 1100 g/mol. The SMILES string of the molecule is Cc1cc(C)cc(-c2c(-c3c[c-]c(N4[CH-]N(c5ccccc5)c5ccccc54)cc3)cccc2-c2c[c-]c(N3[CH-]N(c4ccccc4)c4ccccc43)cc2)c1.[Ir].[Ir]. The molecule has 2 aliphatic rings. The van der Waals surface area contributed by atoms with Crippen molar-refractivity contribution in [2.45, 2.75) is 13.8 Å². The van der Waals surface area contributed by atoms with E-state index in [0.29, 0.717) is 0 Å². The van der Waals surface area contributed by atoms with E-state index in [1.165, 1.54) is 22.3 Å². The van der Waals surface area contributed by atoms with Crippen LogP contribution >= 0.6 is 0 Å². The van der Waals surface area contributed by atoms with Gasteiger partial charge in [0.1, 0.15) is 0 Å². The Morgan fingerprint density at radius 3 is 1.17 bits per heavy atom. The van der Waals surface area contributed by atoms with Crippen LogP contribution in [0.3, 0.4) is 0 Å². The average molecular weight is 1100 g/mol. The van der Waals surface area contributed by atoms with Gasteiger partial charge in [-0.3, -0.25) is 0 Å². The van der Waals surface area contributed by atoms with E-state index in [1.807, 2.05) is 0 Å². The largest absolute Gasteiger partial charge is 0.493 e. The molecule has 0 atom stereocenters. The third-order valence-electron chi connectivity index (χ3n) is 10.6. The maximum atomic E-state index is 3.66. The van der Waals surface area contributed by atoms with Gasteiger partial charge in [0, 0.05) is 74.3 Å². The molecule has 10 rings (SSSR count). The fourth-order valence-corrected chi connectivity index (χ4v) is 8.13. The van der Waals surface area contributed by atoms with Crippen LogP contribution in [0.2, 0.25) is 0 Å². The molecule has 58 heavy (non-hydrogen) atoms. The molecule has 2 radical (unpaired) electrons. The Kier molecular flexibility index (Phi) is 11.2. The molecule has 2 aliphatic heterocycles.